The van der Waals surface area contributed by atoms with Crippen LogP contribution < -0.4 is 5.32 Å². The van der Waals surface area contributed by atoms with Gasteiger partial charge in [-0.05, 0) is 18.1 Å². The predicted octanol–water partition coefficient (Wildman–Crippen LogP) is 3.61. The summed E-state index contributed by atoms with van der Waals surface area (Å²) >= 11 is 11.3. The van der Waals surface area contributed by atoms with E-state index in [1.54, 1.807) is 0 Å². The van der Waals surface area contributed by atoms with Crippen molar-refractivity contribution in [3.63, 3.8) is 0 Å². The van der Waals surface area contributed by atoms with Crippen molar-refractivity contribution in [2.45, 2.75) is 19.2 Å². The first-order valence-electron chi connectivity index (χ1n) is 5.39. The van der Waals surface area contributed by atoms with Crippen LogP contribution in [0.3, 0.4) is 0 Å². The second-order valence-corrected chi connectivity index (χ2v) is 5.18. The third-order valence-corrected chi connectivity index (χ3v) is 3.38. The quantitative estimate of drug-likeness (QED) is 0.667. The molecule has 1 atom stereocenters. The van der Waals surface area contributed by atoms with Gasteiger partial charge in [-0.15, -0.1) is 11.6 Å². The minimum atomic E-state index is -0.866. The monoisotopic (exact) mass is 295 g/mol. The van der Waals surface area contributed by atoms with E-state index in [1.807, 2.05) is 13.8 Å². The molecule has 0 fully saturated rings. The van der Waals surface area contributed by atoms with Crippen molar-refractivity contribution in [1.82, 2.24) is 5.32 Å². The van der Waals surface area contributed by atoms with Crippen LogP contribution in [0, 0.1) is 17.6 Å². The zero-order chi connectivity index (χ0) is 13.9. The van der Waals surface area contributed by atoms with Gasteiger partial charge >= 0.3 is 0 Å². The Morgan fingerprint density at radius 1 is 1.33 bits per heavy atom. The summed E-state index contributed by atoms with van der Waals surface area (Å²) < 4.78 is 26.6. The van der Waals surface area contributed by atoms with E-state index in [0.717, 1.165) is 12.1 Å². The standard InChI is InChI=1S/C12H13Cl2F2NO/c1-6(2)9(14)5-17-12(18)7-3-11(16)8(13)4-10(7)15/h3-4,6,9H,5H2,1-2H3,(H,17,18). The van der Waals surface area contributed by atoms with Crippen molar-refractivity contribution in [2.24, 2.45) is 5.92 Å². The molecule has 0 aromatic heterocycles. The molecule has 1 N–H and O–H groups in total. The zero-order valence-electron chi connectivity index (χ0n) is 9.94. The maximum atomic E-state index is 13.4. The molecule has 0 heterocycles. The fraction of sp³-hybridized carbons (Fsp3) is 0.417. The number of amides is 1. The van der Waals surface area contributed by atoms with E-state index in [1.165, 1.54) is 0 Å². The molecule has 0 aliphatic carbocycles. The van der Waals surface area contributed by atoms with E-state index in [9.17, 15) is 13.6 Å². The molecule has 1 aromatic carbocycles. The fourth-order valence-electron chi connectivity index (χ4n) is 1.22. The molecule has 1 amide bonds. The molecular weight excluding hydrogens is 283 g/mol. The third kappa shape index (κ3) is 3.82. The SMILES string of the molecule is CC(C)C(Cl)CNC(=O)c1cc(F)c(Cl)cc1F. The van der Waals surface area contributed by atoms with E-state index < -0.39 is 17.5 Å². The van der Waals surface area contributed by atoms with Gasteiger partial charge in [-0.1, -0.05) is 25.4 Å². The maximum absolute atomic E-state index is 13.4. The average molecular weight is 296 g/mol. The van der Waals surface area contributed by atoms with E-state index >= 15 is 0 Å². The van der Waals surface area contributed by atoms with Gasteiger partial charge in [0.15, 0.2) is 0 Å². The molecule has 2 nitrogen and oxygen atoms in total. The van der Waals surface area contributed by atoms with Crippen LogP contribution in [0.25, 0.3) is 0 Å². The van der Waals surface area contributed by atoms with Gasteiger partial charge in [0.1, 0.15) is 11.6 Å². The van der Waals surface area contributed by atoms with E-state index in [0.29, 0.717) is 0 Å². The van der Waals surface area contributed by atoms with Gasteiger partial charge in [-0.2, -0.15) is 0 Å². The van der Waals surface area contributed by atoms with Gasteiger partial charge in [-0.3, -0.25) is 4.79 Å². The lowest BCUT2D eigenvalue weighted by molar-refractivity contribution is 0.0948. The number of halogens is 4. The molecule has 0 radical (unpaired) electrons. The Hall–Kier alpha value is -0.870. The maximum Gasteiger partial charge on any atom is 0.254 e. The van der Waals surface area contributed by atoms with Gasteiger partial charge < -0.3 is 5.32 Å². The summed E-state index contributed by atoms with van der Waals surface area (Å²) in [4.78, 5) is 11.6. The van der Waals surface area contributed by atoms with E-state index in [4.69, 9.17) is 23.2 Å². The average Bonchev–Trinajstić information content (AvgIpc) is 2.30. The van der Waals surface area contributed by atoms with Crippen molar-refractivity contribution >= 4 is 29.1 Å². The third-order valence-electron chi connectivity index (χ3n) is 2.44. The second kappa shape index (κ2) is 6.34. The molecule has 6 heteroatoms. The Bertz CT molecular complexity index is 452. The Morgan fingerprint density at radius 2 is 1.94 bits per heavy atom. The highest BCUT2D eigenvalue weighted by atomic mass is 35.5. The highest BCUT2D eigenvalue weighted by Gasteiger charge is 2.17. The van der Waals surface area contributed by atoms with Crippen molar-refractivity contribution in [3.8, 4) is 0 Å². The van der Waals surface area contributed by atoms with Gasteiger partial charge in [0.25, 0.3) is 5.91 Å². The largest absolute Gasteiger partial charge is 0.350 e. The number of rotatable bonds is 4. The summed E-state index contributed by atoms with van der Waals surface area (Å²) in [5.41, 5.74) is -0.385. The zero-order valence-corrected chi connectivity index (χ0v) is 11.4. The molecule has 18 heavy (non-hydrogen) atoms. The van der Waals surface area contributed by atoms with E-state index in [2.05, 4.69) is 5.32 Å². The van der Waals surface area contributed by atoms with Gasteiger partial charge in [0.2, 0.25) is 0 Å². The molecule has 0 saturated carbocycles. The number of hydrogen-bond acceptors (Lipinski definition) is 1. The topological polar surface area (TPSA) is 29.1 Å². The van der Waals surface area contributed by atoms with Gasteiger partial charge in [-0.25, -0.2) is 8.78 Å². The van der Waals surface area contributed by atoms with Crippen LogP contribution in [0.2, 0.25) is 5.02 Å². The van der Waals surface area contributed by atoms with Crippen LogP contribution in [0.4, 0.5) is 8.78 Å². The number of nitrogens with one attached hydrogen (secondary N) is 1. The molecule has 1 unspecified atom stereocenters. The Morgan fingerprint density at radius 3 is 2.50 bits per heavy atom. The summed E-state index contributed by atoms with van der Waals surface area (Å²) in [6, 6.07) is 1.54. The molecule has 100 valence electrons. The lowest BCUT2D eigenvalue weighted by atomic mass is 10.1. The Balaban J connectivity index is 2.76. The van der Waals surface area contributed by atoms with Crippen molar-refractivity contribution < 1.29 is 13.6 Å². The molecule has 0 bridgehead atoms. The fourth-order valence-corrected chi connectivity index (χ4v) is 1.45. The summed E-state index contributed by atoms with van der Waals surface area (Å²) in [6.07, 6.45) is 0. The van der Waals surface area contributed by atoms with Crippen molar-refractivity contribution in [1.29, 1.82) is 0 Å². The number of hydrogen-bond donors (Lipinski definition) is 1. The minimum absolute atomic E-state index is 0.166. The smallest absolute Gasteiger partial charge is 0.254 e. The Labute approximate surface area is 114 Å². The predicted molar refractivity (Wildman–Crippen MR) is 68.2 cm³/mol. The molecule has 0 aliphatic rings. The second-order valence-electron chi connectivity index (χ2n) is 4.22. The molecular formula is C12H13Cl2F2NO. The first-order valence-corrected chi connectivity index (χ1v) is 6.21. The summed E-state index contributed by atoms with van der Waals surface area (Å²) in [7, 11) is 0. The minimum Gasteiger partial charge on any atom is -0.350 e. The van der Waals surface area contributed by atoms with Crippen LogP contribution in [-0.4, -0.2) is 17.8 Å². The summed E-state index contributed by atoms with van der Waals surface area (Å²) in [5.74, 6) is -2.25. The van der Waals surface area contributed by atoms with Crippen LogP contribution in [0.5, 0.6) is 0 Å². The summed E-state index contributed by atoms with van der Waals surface area (Å²) in [6.45, 7) is 3.97. The lowest BCUT2D eigenvalue weighted by Gasteiger charge is -2.14. The number of carbonyl (C=O) groups excluding carboxylic acids is 1. The van der Waals surface area contributed by atoms with Crippen LogP contribution in [0.1, 0.15) is 24.2 Å². The first kappa shape index (κ1) is 15.2. The van der Waals surface area contributed by atoms with Gasteiger partial charge in [0, 0.05) is 6.54 Å². The number of alkyl halides is 1. The highest BCUT2D eigenvalue weighted by Crippen LogP contribution is 2.19. The first-order chi connectivity index (χ1) is 8.32. The lowest BCUT2D eigenvalue weighted by Crippen LogP contribution is -2.32. The van der Waals surface area contributed by atoms with Crippen LogP contribution in [-0.2, 0) is 0 Å². The van der Waals surface area contributed by atoms with Crippen LogP contribution >= 0.6 is 23.2 Å². The number of benzene rings is 1. The van der Waals surface area contributed by atoms with Crippen LogP contribution in [0.15, 0.2) is 12.1 Å². The summed E-state index contributed by atoms with van der Waals surface area (Å²) in [5, 5.41) is 1.82. The Kier molecular flexibility index (Phi) is 5.35. The van der Waals surface area contributed by atoms with E-state index in [-0.39, 0.29) is 28.4 Å². The molecule has 0 saturated heterocycles. The molecule has 0 aliphatic heterocycles. The number of carbonyl (C=O) groups is 1. The highest BCUT2D eigenvalue weighted by molar-refractivity contribution is 6.30. The molecule has 1 aromatic rings. The van der Waals surface area contributed by atoms with Crippen molar-refractivity contribution in [2.75, 3.05) is 6.54 Å². The van der Waals surface area contributed by atoms with Crippen molar-refractivity contribution in [3.05, 3.63) is 34.4 Å². The normalized spacial score (nSPS) is 12.6. The molecule has 1 rings (SSSR count). The molecule has 0 spiro atoms. The van der Waals surface area contributed by atoms with Gasteiger partial charge in [0.05, 0.1) is 16.0 Å².